The number of aryl methyl sites for hydroxylation is 1. The Bertz CT molecular complexity index is 450. The summed E-state index contributed by atoms with van der Waals surface area (Å²) in [6.07, 6.45) is 2.57. The summed E-state index contributed by atoms with van der Waals surface area (Å²) in [6, 6.07) is 14.2. The van der Waals surface area contributed by atoms with Crippen LogP contribution in [-0.2, 0) is 6.42 Å². The third-order valence-electron chi connectivity index (χ3n) is 2.95. The van der Waals surface area contributed by atoms with Crippen molar-refractivity contribution in [3.8, 4) is 0 Å². The van der Waals surface area contributed by atoms with Crippen LogP contribution in [0.4, 0.5) is 0 Å². The molecule has 1 aromatic heterocycles. The average Bonchev–Trinajstić information content (AvgIpc) is 2.38. The van der Waals surface area contributed by atoms with Gasteiger partial charge in [-0.25, -0.2) is 0 Å². The minimum absolute atomic E-state index is 0.130. The van der Waals surface area contributed by atoms with Gasteiger partial charge in [-0.3, -0.25) is 4.98 Å². The normalized spacial score (nSPS) is 12.4. The molecular formula is C15H17NO. The highest BCUT2D eigenvalue weighted by atomic mass is 16.3. The quantitative estimate of drug-likeness (QED) is 0.871. The van der Waals surface area contributed by atoms with Crippen LogP contribution in [0.1, 0.15) is 22.7 Å². The van der Waals surface area contributed by atoms with E-state index in [-0.39, 0.29) is 12.5 Å². The second-order valence-electron chi connectivity index (χ2n) is 4.32. The first-order chi connectivity index (χ1) is 8.29. The average molecular weight is 227 g/mol. The number of nitrogens with zero attached hydrogens (tertiary/aromatic N) is 1. The monoisotopic (exact) mass is 227 g/mol. The minimum atomic E-state index is 0.130. The van der Waals surface area contributed by atoms with E-state index in [4.69, 9.17) is 0 Å². The standard InChI is InChI=1S/C15H17NO/c1-12-5-7-13(8-6-12)14(11-17)10-15-4-2-3-9-16-15/h2-9,14,17H,10-11H2,1H3. The Balaban J connectivity index is 2.14. The van der Waals surface area contributed by atoms with Gasteiger partial charge in [-0.15, -0.1) is 0 Å². The van der Waals surface area contributed by atoms with Gasteiger partial charge >= 0.3 is 0 Å². The van der Waals surface area contributed by atoms with Crippen molar-refractivity contribution in [1.82, 2.24) is 4.98 Å². The first-order valence-electron chi connectivity index (χ1n) is 5.87. The van der Waals surface area contributed by atoms with Gasteiger partial charge in [-0.1, -0.05) is 35.9 Å². The number of hydrogen-bond donors (Lipinski definition) is 1. The van der Waals surface area contributed by atoms with Crippen LogP contribution in [0, 0.1) is 6.92 Å². The predicted molar refractivity (Wildman–Crippen MR) is 68.9 cm³/mol. The highest BCUT2D eigenvalue weighted by molar-refractivity contribution is 5.26. The Labute approximate surface area is 102 Å². The van der Waals surface area contributed by atoms with Crippen LogP contribution in [0.2, 0.25) is 0 Å². The summed E-state index contributed by atoms with van der Waals surface area (Å²) in [5.74, 6) is 0.130. The summed E-state index contributed by atoms with van der Waals surface area (Å²) in [7, 11) is 0. The highest BCUT2D eigenvalue weighted by Gasteiger charge is 2.11. The van der Waals surface area contributed by atoms with Crippen LogP contribution < -0.4 is 0 Å². The third kappa shape index (κ3) is 3.14. The van der Waals surface area contributed by atoms with Crippen LogP contribution in [0.15, 0.2) is 48.7 Å². The number of hydrogen-bond acceptors (Lipinski definition) is 2. The van der Waals surface area contributed by atoms with E-state index in [1.165, 1.54) is 11.1 Å². The number of pyridine rings is 1. The molecule has 1 atom stereocenters. The van der Waals surface area contributed by atoms with Crippen molar-refractivity contribution in [2.75, 3.05) is 6.61 Å². The van der Waals surface area contributed by atoms with Crippen molar-refractivity contribution in [2.45, 2.75) is 19.3 Å². The molecule has 2 aromatic rings. The molecule has 0 aliphatic carbocycles. The first-order valence-corrected chi connectivity index (χ1v) is 5.87. The molecule has 2 heteroatoms. The molecule has 0 saturated carbocycles. The van der Waals surface area contributed by atoms with E-state index in [2.05, 4.69) is 36.2 Å². The smallest absolute Gasteiger partial charge is 0.0503 e. The van der Waals surface area contributed by atoms with Crippen LogP contribution in [0.25, 0.3) is 0 Å². The van der Waals surface area contributed by atoms with E-state index in [0.29, 0.717) is 0 Å². The van der Waals surface area contributed by atoms with Gasteiger partial charge in [0.2, 0.25) is 0 Å². The Hall–Kier alpha value is -1.67. The van der Waals surface area contributed by atoms with Crippen molar-refractivity contribution in [3.63, 3.8) is 0 Å². The summed E-state index contributed by atoms with van der Waals surface area (Å²) in [5.41, 5.74) is 3.43. The molecule has 0 radical (unpaired) electrons. The van der Waals surface area contributed by atoms with Crippen molar-refractivity contribution in [1.29, 1.82) is 0 Å². The zero-order valence-electron chi connectivity index (χ0n) is 10.0. The van der Waals surface area contributed by atoms with E-state index in [0.717, 1.165) is 12.1 Å². The molecule has 0 fully saturated rings. The molecule has 2 rings (SSSR count). The highest BCUT2D eigenvalue weighted by Crippen LogP contribution is 2.19. The van der Waals surface area contributed by atoms with Gasteiger partial charge < -0.3 is 5.11 Å². The largest absolute Gasteiger partial charge is 0.396 e. The summed E-state index contributed by atoms with van der Waals surface area (Å²) >= 11 is 0. The molecule has 1 heterocycles. The number of aliphatic hydroxyl groups is 1. The second-order valence-corrected chi connectivity index (χ2v) is 4.32. The molecule has 0 spiro atoms. The summed E-state index contributed by atoms with van der Waals surface area (Å²) in [5, 5.41) is 9.48. The Morgan fingerprint density at radius 2 is 1.88 bits per heavy atom. The molecule has 0 bridgehead atoms. The van der Waals surface area contributed by atoms with Gasteiger partial charge in [0.15, 0.2) is 0 Å². The van der Waals surface area contributed by atoms with Gasteiger partial charge in [0, 0.05) is 17.8 Å². The summed E-state index contributed by atoms with van der Waals surface area (Å²) in [4.78, 5) is 4.30. The van der Waals surface area contributed by atoms with E-state index < -0.39 is 0 Å². The maximum Gasteiger partial charge on any atom is 0.0503 e. The molecule has 88 valence electrons. The fraction of sp³-hybridized carbons (Fsp3) is 0.267. The summed E-state index contributed by atoms with van der Waals surface area (Å²) < 4.78 is 0. The zero-order valence-corrected chi connectivity index (χ0v) is 10.0. The molecule has 1 unspecified atom stereocenters. The van der Waals surface area contributed by atoms with Crippen molar-refractivity contribution < 1.29 is 5.11 Å². The van der Waals surface area contributed by atoms with Crippen LogP contribution in [0.5, 0.6) is 0 Å². The van der Waals surface area contributed by atoms with E-state index in [9.17, 15) is 5.11 Å². The number of aliphatic hydroxyl groups excluding tert-OH is 1. The molecular weight excluding hydrogens is 210 g/mol. The number of aromatic nitrogens is 1. The second kappa shape index (κ2) is 5.60. The maximum atomic E-state index is 9.48. The Morgan fingerprint density at radius 3 is 2.47 bits per heavy atom. The van der Waals surface area contributed by atoms with Gasteiger partial charge in [0.05, 0.1) is 6.61 Å². The lowest BCUT2D eigenvalue weighted by Gasteiger charge is -2.14. The molecule has 0 aliphatic rings. The first kappa shape index (κ1) is 11.8. The van der Waals surface area contributed by atoms with E-state index in [1.807, 2.05) is 18.2 Å². The fourth-order valence-corrected chi connectivity index (χ4v) is 1.90. The molecule has 1 N–H and O–H groups in total. The molecule has 17 heavy (non-hydrogen) atoms. The third-order valence-corrected chi connectivity index (χ3v) is 2.95. The number of rotatable bonds is 4. The number of benzene rings is 1. The molecule has 0 saturated heterocycles. The van der Waals surface area contributed by atoms with Gasteiger partial charge in [-0.05, 0) is 31.0 Å². The van der Waals surface area contributed by atoms with E-state index >= 15 is 0 Å². The van der Waals surface area contributed by atoms with Gasteiger partial charge in [0.25, 0.3) is 0 Å². The minimum Gasteiger partial charge on any atom is -0.396 e. The van der Waals surface area contributed by atoms with Gasteiger partial charge in [0.1, 0.15) is 0 Å². The van der Waals surface area contributed by atoms with Gasteiger partial charge in [-0.2, -0.15) is 0 Å². The lowest BCUT2D eigenvalue weighted by atomic mass is 9.94. The summed E-state index contributed by atoms with van der Waals surface area (Å²) in [6.45, 7) is 2.22. The van der Waals surface area contributed by atoms with Crippen LogP contribution in [0.3, 0.4) is 0 Å². The van der Waals surface area contributed by atoms with Crippen LogP contribution >= 0.6 is 0 Å². The van der Waals surface area contributed by atoms with Crippen molar-refractivity contribution in [2.24, 2.45) is 0 Å². The van der Waals surface area contributed by atoms with Crippen molar-refractivity contribution >= 4 is 0 Å². The zero-order chi connectivity index (χ0) is 12.1. The molecule has 1 aromatic carbocycles. The molecule has 0 amide bonds. The lowest BCUT2D eigenvalue weighted by Crippen LogP contribution is -2.08. The fourth-order valence-electron chi connectivity index (χ4n) is 1.90. The van der Waals surface area contributed by atoms with Crippen molar-refractivity contribution in [3.05, 3.63) is 65.5 Å². The Morgan fingerprint density at radius 1 is 1.12 bits per heavy atom. The molecule has 0 aliphatic heterocycles. The topological polar surface area (TPSA) is 33.1 Å². The Kier molecular flexibility index (Phi) is 3.89. The SMILES string of the molecule is Cc1ccc(C(CO)Cc2ccccn2)cc1. The maximum absolute atomic E-state index is 9.48. The van der Waals surface area contributed by atoms with E-state index in [1.54, 1.807) is 6.20 Å². The molecule has 2 nitrogen and oxygen atoms in total. The van der Waals surface area contributed by atoms with Crippen LogP contribution in [-0.4, -0.2) is 16.7 Å². The lowest BCUT2D eigenvalue weighted by molar-refractivity contribution is 0.264. The predicted octanol–water partition coefficient (Wildman–Crippen LogP) is 2.71.